The van der Waals surface area contributed by atoms with E-state index in [2.05, 4.69) is 78.6 Å². The molecule has 3 aromatic carbocycles. The van der Waals surface area contributed by atoms with E-state index in [1.807, 2.05) is 0 Å². The third-order valence-electron chi connectivity index (χ3n) is 5.85. The number of carbonyl (C=O) groups excluding carboxylic acids is 1. The Hall–Kier alpha value is -2.61. The molecule has 2 nitrogen and oxygen atoms in total. The van der Waals surface area contributed by atoms with Crippen molar-refractivity contribution in [3.8, 4) is 0 Å². The zero-order valence-corrected chi connectivity index (χ0v) is 16.0. The Balaban J connectivity index is 1.76. The van der Waals surface area contributed by atoms with Crippen LogP contribution in [0, 0.1) is 6.92 Å². The lowest BCUT2D eigenvalue weighted by Gasteiger charge is -2.29. The third-order valence-corrected chi connectivity index (χ3v) is 5.85. The monoisotopic (exact) mass is 357 g/mol. The molecule has 0 aliphatic carbocycles. The van der Waals surface area contributed by atoms with Crippen LogP contribution in [0.15, 0.2) is 66.7 Å². The zero-order valence-electron chi connectivity index (χ0n) is 16.0. The van der Waals surface area contributed by atoms with Gasteiger partial charge in [-0.25, -0.2) is 0 Å². The van der Waals surface area contributed by atoms with Crippen molar-refractivity contribution in [3.63, 3.8) is 0 Å². The van der Waals surface area contributed by atoms with E-state index in [1.165, 1.54) is 33.9 Å². The molecule has 3 aromatic rings. The van der Waals surface area contributed by atoms with Crippen molar-refractivity contribution < 1.29 is 4.79 Å². The number of amides is 1. The summed E-state index contributed by atoms with van der Waals surface area (Å²) in [6.07, 6.45) is 4.05. The van der Waals surface area contributed by atoms with Crippen LogP contribution in [0.25, 0.3) is 10.8 Å². The van der Waals surface area contributed by atoms with Crippen LogP contribution in [0.3, 0.4) is 0 Å². The summed E-state index contributed by atoms with van der Waals surface area (Å²) in [6, 6.07) is 23.5. The number of carbonyl (C=O) groups is 1. The lowest BCUT2D eigenvalue weighted by atomic mass is 9.83. The van der Waals surface area contributed by atoms with Gasteiger partial charge < -0.3 is 4.90 Å². The highest BCUT2D eigenvalue weighted by Crippen LogP contribution is 2.35. The van der Waals surface area contributed by atoms with E-state index in [0.717, 1.165) is 25.9 Å². The second kappa shape index (κ2) is 7.96. The molecule has 27 heavy (non-hydrogen) atoms. The van der Waals surface area contributed by atoms with E-state index in [9.17, 15) is 4.79 Å². The van der Waals surface area contributed by atoms with Crippen LogP contribution >= 0.6 is 0 Å². The quantitative estimate of drug-likeness (QED) is 0.588. The highest BCUT2D eigenvalue weighted by molar-refractivity contribution is 5.88. The molecule has 0 radical (unpaired) electrons. The lowest BCUT2D eigenvalue weighted by Crippen LogP contribution is -2.36. The van der Waals surface area contributed by atoms with Crippen molar-refractivity contribution in [2.75, 3.05) is 13.1 Å². The molecular weight excluding hydrogens is 330 g/mol. The van der Waals surface area contributed by atoms with Crippen LogP contribution in [-0.2, 0) is 4.79 Å². The molecule has 1 aliphatic heterocycles. The molecule has 1 amide bonds. The molecule has 0 aromatic heterocycles. The highest BCUT2D eigenvalue weighted by Gasteiger charge is 2.25. The lowest BCUT2D eigenvalue weighted by molar-refractivity contribution is -0.132. The number of likely N-dealkylation sites (tertiary alicyclic amines) is 1. The summed E-state index contributed by atoms with van der Waals surface area (Å²) in [7, 11) is 0. The molecule has 0 saturated carbocycles. The van der Waals surface area contributed by atoms with Crippen LogP contribution in [0.1, 0.15) is 48.3 Å². The van der Waals surface area contributed by atoms with Crippen LogP contribution in [0.2, 0.25) is 0 Å². The predicted molar refractivity (Wildman–Crippen MR) is 112 cm³/mol. The second-order valence-electron chi connectivity index (χ2n) is 7.62. The molecule has 1 unspecified atom stereocenters. The van der Waals surface area contributed by atoms with E-state index in [1.54, 1.807) is 0 Å². The number of fused-ring (bicyclic) bond motifs is 1. The molecule has 138 valence electrons. The summed E-state index contributed by atoms with van der Waals surface area (Å²) in [5.74, 6) is 0.377. The smallest absolute Gasteiger partial charge is 0.223 e. The number of hydrogen-bond donors (Lipinski definition) is 0. The molecule has 1 aliphatic rings. The van der Waals surface area contributed by atoms with Gasteiger partial charge in [0.2, 0.25) is 5.91 Å². The van der Waals surface area contributed by atoms with Crippen molar-refractivity contribution in [1.82, 2.24) is 4.90 Å². The number of piperidine rings is 1. The minimum absolute atomic E-state index is 0.0896. The van der Waals surface area contributed by atoms with Crippen molar-refractivity contribution >= 4 is 16.7 Å². The Labute approximate surface area is 161 Å². The third kappa shape index (κ3) is 3.75. The molecule has 0 spiro atoms. The van der Waals surface area contributed by atoms with Gasteiger partial charge in [0.15, 0.2) is 0 Å². The minimum Gasteiger partial charge on any atom is -0.343 e. The highest BCUT2D eigenvalue weighted by atomic mass is 16.2. The normalized spacial score (nSPS) is 15.7. The SMILES string of the molecule is Cc1ccccc1C(CC(=O)N1CCCCC1)c1cccc2ccccc12. The molecule has 1 fully saturated rings. The molecule has 1 heterocycles. The Kier molecular flexibility index (Phi) is 5.24. The maximum atomic E-state index is 13.1. The first-order valence-corrected chi connectivity index (χ1v) is 10.0. The van der Waals surface area contributed by atoms with Crippen molar-refractivity contribution in [1.29, 1.82) is 0 Å². The first kappa shape index (κ1) is 17.8. The molecule has 0 bridgehead atoms. The predicted octanol–water partition coefficient (Wildman–Crippen LogP) is 5.68. The summed E-state index contributed by atoms with van der Waals surface area (Å²) < 4.78 is 0. The molecule has 0 N–H and O–H groups in total. The second-order valence-corrected chi connectivity index (χ2v) is 7.62. The number of aryl methyl sites for hydroxylation is 1. The summed E-state index contributed by atoms with van der Waals surface area (Å²) >= 11 is 0. The van der Waals surface area contributed by atoms with Gasteiger partial charge in [-0.15, -0.1) is 0 Å². The number of benzene rings is 3. The van der Waals surface area contributed by atoms with Crippen LogP contribution in [-0.4, -0.2) is 23.9 Å². The van der Waals surface area contributed by atoms with Gasteiger partial charge in [0.25, 0.3) is 0 Å². The summed E-state index contributed by atoms with van der Waals surface area (Å²) in [6.45, 7) is 3.97. The molecule has 4 rings (SSSR count). The maximum absolute atomic E-state index is 13.1. The summed E-state index contributed by atoms with van der Waals surface area (Å²) in [4.78, 5) is 15.2. The summed E-state index contributed by atoms with van der Waals surface area (Å²) in [5, 5.41) is 2.48. The standard InChI is InChI=1S/C25H27NO/c1-19-10-3-5-13-21(19)24(18-25(27)26-16-7-2-8-17-26)23-15-9-12-20-11-4-6-14-22(20)23/h3-6,9-15,24H,2,7-8,16-18H2,1H3. The fraction of sp³-hybridized carbons (Fsp3) is 0.320. The van der Waals surface area contributed by atoms with Gasteiger partial charge in [-0.05, 0) is 53.6 Å². The Morgan fingerprint density at radius 2 is 1.52 bits per heavy atom. The van der Waals surface area contributed by atoms with Gasteiger partial charge >= 0.3 is 0 Å². The summed E-state index contributed by atoms with van der Waals surface area (Å²) in [5.41, 5.74) is 3.77. The minimum atomic E-state index is 0.0896. The first-order valence-electron chi connectivity index (χ1n) is 10.0. The number of rotatable bonds is 4. The van der Waals surface area contributed by atoms with E-state index in [-0.39, 0.29) is 11.8 Å². The first-order chi connectivity index (χ1) is 13.2. The van der Waals surface area contributed by atoms with Gasteiger partial charge in [-0.2, -0.15) is 0 Å². The van der Waals surface area contributed by atoms with E-state index >= 15 is 0 Å². The van der Waals surface area contributed by atoms with Crippen LogP contribution < -0.4 is 0 Å². The van der Waals surface area contributed by atoms with Gasteiger partial charge in [-0.3, -0.25) is 4.79 Å². The Morgan fingerprint density at radius 3 is 2.33 bits per heavy atom. The fourth-order valence-corrected chi connectivity index (χ4v) is 4.37. The number of nitrogens with zero attached hydrogens (tertiary/aromatic N) is 1. The molecular formula is C25H27NO. The van der Waals surface area contributed by atoms with E-state index in [0.29, 0.717) is 6.42 Å². The van der Waals surface area contributed by atoms with Crippen molar-refractivity contribution in [2.24, 2.45) is 0 Å². The van der Waals surface area contributed by atoms with Gasteiger partial charge in [0.05, 0.1) is 0 Å². The molecule has 1 atom stereocenters. The average Bonchev–Trinajstić information content (AvgIpc) is 2.73. The van der Waals surface area contributed by atoms with E-state index < -0.39 is 0 Å². The van der Waals surface area contributed by atoms with Crippen molar-refractivity contribution in [2.45, 2.75) is 38.5 Å². The molecule has 1 saturated heterocycles. The fourth-order valence-electron chi connectivity index (χ4n) is 4.37. The van der Waals surface area contributed by atoms with E-state index in [4.69, 9.17) is 0 Å². The van der Waals surface area contributed by atoms with Crippen molar-refractivity contribution in [3.05, 3.63) is 83.4 Å². The van der Waals surface area contributed by atoms with Gasteiger partial charge in [0.1, 0.15) is 0 Å². The zero-order chi connectivity index (χ0) is 18.6. The largest absolute Gasteiger partial charge is 0.343 e. The van der Waals surface area contributed by atoms with Crippen LogP contribution in [0.5, 0.6) is 0 Å². The topological polar surface area (TPSA) is 20.3 Å². The average molecular weight is 357 g/mol. The Bertz CT molecular complexity index is 934. The molecule has 2 heteroatoms. The number of hydrogen-bond acceptors (Lipinski definition) is 1. The maximum Gasteiger partial charge on any atom is 0.223 e. The van der Waals surface area contributed by atoms with Crippen LogP contribution in [0.4, 0.5) is 0 Å². The Morgan fingerprint density at radius 1 is 0.852 bits per heavy atom. The van der Waals surface area contributed by atoms with Gasteiger partial charge in [-0.1, -0.05) is 66.7 Å². The van der Waals surface area contributed by atoms with Gasteiger partial charge in [0, 0.05) is 25.4 Å².